The second kappa shape index (κ2) is 5.90. The molecule has 1 unspecified atom stereocenters. The number of aromatic hydroxyl groups is 1. The van der Waals surface area contributed by atoms with Crippen molar-refractivity contribution in [3.63, 3.8) is 0 Å². The van der Waals surface area contributed by atoms with E-state index in [2.05, 4.69) is 6.92 Å². The summed E-state index contributed by atoms with van der Waals surface area (Å²) < 4.78 is 7.27. The van der Waals surface area contributed by atoms with Gasteiger partial charge in [-0.3, -0.25) is 4.79 Å². The summed E-state index contributed by atoms with van der Waals surface area (Å²) >= 11 is 0. The van der Waals surface area contributed by atoms with Crippen molar-refractivity contribution in [1.82, 2.24) is 9.55 Å². The van der Waals surface area contributed by atoms with Crippen LogP contribution in [0, 0.1) is 0 Å². The van der Waals surface area contributed by atoms with E-state index >= 15 is 0 Å². The Bertz CT molecular complexity index is 1200. The number of aliphatic hydroxyl groups is 1. The third-order valence-corrected chi connectivity index (χ3v) is 6.17. The molecular weight excluding hydrogens is 356 g/mol. The van der Waals surface area contributed by atoms with Crippen molar-refractivity contribution in [1.29, 1.82) is 0 Å². The van der Waals surface area contributed by atoms with E-state index in [9.17, 15) is 15.0 Å². The van der Waals surface area contributed by atoms with Gasteiger partial charge in [0.2, 0.25) is 0 Å². The first-order valence-electron chi connectivity index (χ1n) is 9.69. The van der Waals surface area contributed by atoms with Crippen LogP contribution in [0.25, 0.3) is 22.3 Å². The number of hydrogen-bond acceptors (Lipinski definition) is 5. The van der Waals surface area contributed by atoms with Crippen LogP contribution in [0.4, 0.5) is 0 Å². The first-order valence-corrected chi connectivity index (χ1v) is 9.69. The van der Waals surface area contributed by atoms with E-state index in [1.807, 2.05) is 13.0 Å². The zero-order valence-electron chi connectivity index (χ0n) is 16.0. The number of nitrogens with zero attached hydrogens (tertiary/aromatic N) is 2. The number of aromatic nitrogens is 2. The van der Waals surface area contributed by atoms with Crippen molar-refractivity contribution < 1.29 is 14.9 Å². The number of rotatable bonds is 2. The average Bonchev–Trinajstić information content (AvgIpc) is 3.06. The molecule has 0 amide bonds. The number of pyridine rings is 2. The van der Waals surface area contributed by atoms with Crippen LogP contribution in [-0.4, -0.2) is 26.4 Å². The number of fused-ring (bicyclic) bond motifs is 5. The Morgan fingerprint density at radius 1 is 1.25 bits per heavy atom. The van der Waals surface area contributed by atoms with Crippen molar-refractivity contribution in [2.45, 2.75) is 45.4 Å². The second-order valence-corrected chi connectivity index (χ2v) is 7.66. The van der Waals surface area contributed by atoms with E-state index in [0.717, 1.165) is 39.8 Å². The zero-order valence-corrected chi connectivity index (χ0v) is 16.0. The lowest BCUT2D eigenvalue weighted by atomic mass is 9.86. The Morgan fingerprint density at radius 2 is 2.07 bits per heavy atom. The van der Waals surface area contributed by atoms with Crippen LogP contribution < -0.4 is 5.56 Å². The molecule has 2 N–H and O–H groups in total. The molecule has 0 saturated carbocycles. The Hall–Kier alpha value is -2.70. The van der Waals surface area contributed by atoms with Gasteiger partial charge in [0.05, 0.1) is 36.7 Å². The van der Waals surface area contributed by atoms with E-state index in [0.29, 0.717) is 24.1 Å². The quantitative estimate of drug-likeness (QED) is 0.560. The SMILES string of the molecule is CCc1c2c(nc3ccc(O)cc13)-c1cc3c(c(=O)n1C2)COCC3(O)CC. The molecular formula is C22H22N2O4. The van der Waals surface area contributed by atoms with Gasteiger partial charge < -0.3 is 19.5 Å². The van der Waals surface area contributed by atoms with E-state index in [1.54, 1.807) is 22.8 Å². The third kappa shape index (κ3) is 2.22. The lowest BCUT2D eigenvalue weighted by molar-refractivity contribution is -0.0757. The van der Waals surface area contributed by atoms with Gasteiger partial charge in [0, 0.05) is 16.5 Å². The minimum Gasteiger partial charge on any atom is -0.508 e. The van der Waals surface area contributed by atoms with Gasteiger partial charge in [-0.1, -0.05) is 13.8 Å². The summed E-state index contributed by atoms with van der Waals surface area (Å²) in [4.78, 5) is 18.1. The molecule has 4 heterocycles. The molecule has 0 fully saturated rings. The normalized spacial score (nSPS) is 20.1. The molecule has 144 valence electrons. The van der Waals surface area contributed by atoms with Gasteiger partial charge >= 0.3 is 0 Å². The summed E-state index contributed by atoms with van der Waals surface area (Å²) in [5.74, 6) is 0.206. The third-order valence-electron chi connectivity index (χ3n) is 6.17. The van der Waals surface area contributed by atoms with Crippen LogP contribution >= 0.6 is 0 Å². The minimum absolute atomic E-state index is 0.119. The number of hydrogen-bond donors (Lipinski definition) is 2. The molecule has 1 atom stereocenters. The molecule has 0 saturated heterocycles. The molecule has 2 aliphatic rings. The van der Waals surface area contributed by atoms with E-state index in [1.165, 1.54) is 0 Å². The highest BCUT2D eigenvalue weighted by Crippen LogP contribution is 2.40. The lowest BCUT2D eigenvalue weighted by Crippen LogP contribution is -2.40. The van der Waals surface area contributed by atoms with Crippen LogP contribution in [-0.2, 0) is 29.9 Å². The van der Waals surface area contributed by atoms with Crippen molar-refractivity contribution >= 4 is 10.9 Å². The van der Waals surface area contributed by atoms with Crippen molar-refractivity contribution in [2.75, 3.05) is 6.61 Å². The fourth-order valence-electron chi connectivity index (χ4n) is 4.59. The smallest absolute Gasteiger partial charge is 0.257 e. The highest BCUT2D eigenvalue weighted by Gasteiger charge is 2.38. The molecule has 2 aliphatic heterocycles. The number of benzene rings is 1. The van der Waals surface area contributed by atoms with Gasteiger partial charge in [-0.05, 0) is 48.2 Å². The lowest BCUT2D eigenvalue weighted by Gasteiger charge is -2.33. The second-order valence-electron chi connectivity index (χ2n) is 7.66. The van der Waals surface area contributed by atoms with Crippen LogP contribution in [0.3, 0.4) is 0 Å². The van der Waals surface area contributed by atoms with E-state index in [-0.39, 0.29) is 24.5 Å². The van der Waals surface area contributed by atoms with Crippen molar-refractivity contribution in [3.05, 3.63) is 56.9 Å². The molecule has 0 radical (unpaired) electrons. The molecule has 0 spiro atoms. The van der Waals surface area contributed by atoms with Gasteiger partial charge in [-0.15, -0.1) is 0 Å². The van der Waals surface area contributed by atoms with E-state index < -0.39 is 5.60 Å². The molecule has 1 aromatic carbocycles. The molecule has 3 aromatic rings. The molecule has 5 rings (SSSR count). The summed E-state index contributed by atoms with van der Waals surface area (Å²) in [7, 11) is 0. The standard InChI is InChI=1S/C22H22N2O4/c1-3-13-14-7-12(25)5-6-18(14)23-20-15(13)9-24-19(20)8-17-16(21(24)26)10-28-11-22(17,27)4-2/h5-8,25,27H,3-4,9-11H2,1-2H3. The number of phenols is 1. The Kier molecular flexibility index (Phi) is 3.66. The van der Waals surface area contributed by atoms with Crippen molar-refractivity contribution in [3.8, 4) is 17.1 Å². The number of phenolic OH excluding ortho intramolecular Hbond substituents is 1. The van der Waals surface area contributed by atoms with Gasteiger partial charge in [0.1, 0.15) is 11.4 Å². The summed E-state index contributed by atoms with van der Waals surface area (Å²) in [5.41, 5.74) is 4.37. The Morgan fingerprint density at radius 3 is 2.82 bits per heavy atom. The first-order chi connectivity index (χ1) is 13.5. The highest BCUT2D eigenvalue weighted by atomic mass is 16.5. The summed E-state index contributed by atoms with van der Waals surface area (Å²) in [6.07, 6.45) is 1.25. The summed E-state index contributed by atoms with van der Waals surface area (Å²) in [5, 5.41) is 21.9. The zero-order chi connectivity index (χ0) is 19.6. The number of ether oxygens (including phenoxy) is 1. The molecule has 6 heteroatoms. The topological polar surface area (TPSA) is 84.6 Å². The monoisotopic (exact) mass is 378 g/mol. The molecule has 0 bridgehead atoms. The first kappa shape index (κ1) is 17.4. The maximum Gasteiger partial charge on any atom is 0.257 e. The van der Waals surface area contributed by atoms with Crippen LogP contribution in [0.1, 0.15) is 42.5 Å². The largest absolute Gasteiger partial charge is 0.508 e. The van der Waals surface area contributed by atoms with Crippen LogP contribution in [0.15, 0.2) is 29.1 Å². The van der Waals surface area contributed by atoms with E-state index in [4.69, 9.17) is 9.72 Å². The Labute approximate surface area is 162 Å². The van der Waals surface area contributed by atoms with Gasteiger partial charge in [-0.25, -0.2) is 4.98 Å². The maximum atomic E-state index is 13.2. The predicted molar refractivity (Wildman–Crippen MR) is 105 cm³/mol. The van der Waals surface area contributed by atoms with Gasteiger partial charge in [-0.2, -0.15) is 0 Å². The highest BCUT2D eigenvalue weighted by molar-refractivity contribution is 5.89. The van der Waals surface area contributed by atoms with Crippen LogP contribution in [0.5, 0.6) is 5.75 Å². The molecule has 28 heavy (non-hydrogen) atoms. The molecule has 2 aromatic heterocycles. The summed E-state index contributed by atoms with van der Waals surface area (Å²) in [6, 6.07) is 7.10. The number of aryl methyl sites for hydroxylation is 1. The fourth-order valence-corrected chi connectivity index (χ4v) is 4.59. The fraction of sp³-hybridized carbons (Fsp3) is 0.364. The predicted octanol–water partition coefficient (Wildman–Crippen LogP) is 2.82. The molecule has 0 aliphatic carbocycles. The van der Waals surface area contributed by atoms with Gasteiger partial charge in [0.15, 0.2) is 0 Å². The summed E-state index contributed by atoms with van der Waals surface area (Å²) in [6.45, 7) is 4.82. The maximum absolute atomic E-state index is 13.2. The molecule has 6 nitrogen and oxygen atoms in total. The Balaban J connectivity index is 1.83. The average molecular weight is 378 g/mol. The minimum atomic E-state index is -1.15. The van der Waals surface area contributed by atoms with Crippen molar-refractivity contribution in [2.24, 2.45) is 0 Å². The van der Waals surface area contributed by atoms with Crippen LogP contribution in [0.2, 0.25) is 0 Å². The van der Waals surface area contributed by atoms with Gasteiger partial charge in [0.25, 0.3) is 5.56 Å².